The summed E-state index contributed by atoms with van der Waals surface area (Å²) in [7, 11) is 0. The van der Waals surface area contributed by atoms with Gasteiger partial charge in [0.1, 0.15) is 0 Å². The van der Waals surface area contributed by atoms with Crippen LogP contribution in [-0.2, 0) is 4.79 Å². The van der Waals surface area contributed by atoms with Crippen molar-refractivity contribution in [1.82, 2.24) is 0 Å². The van der Waals surface area contributed by atoms with Crippen LogP contribution in [0.5, 0.6) is 0 Å². The Kier molecular flexibility index (Phi) is 3.72. The molecule has 0 aromatic rings. The standard InChI is InChI=1S/C10H18O.C4H6O2/c1-9(2)7-4-5-10(9,3)8(11)6-7;1-3(2)4(5)6/h7-8,11H,4-6H2,1-3H3;1H2,2H3,(H,5,6)/t7-,8+,10-;/m1./s1. The van der Waals surface area contributed by atoms with Gasteiger partial charge in [-0.1, -0.05) is 27.4 Å². The first-order valence-corrected chi connectivity index (χ1v) is 6.20. The molecule has 0 amide bonds. The van der Waals surface area contributed by atoms with Crippen LogP contribution in [0.3, 0.4) is 0 Å². The van der Waals surface area contributed by atoms with Gasteiger partial charge in [0.2, 0.25) is 0 Å². The number of carboxylic acid groups (broad SMARTS) is 1. The van der Waals surface area contributed by atoms with Gasteiger partial charge in [0.25, 0.3) is 0 Å². The zero-order chi connectivity index (χ0) is 13.4. The second kappa shape index (κ2) is 4.45. The maximum absolute atomic E-state index is 9.81. The van der Waals surface area contributed by atoms with Gasteiger partial charge in [0, 0.05) is 5.57 Å². The molecule has 2 fully saturated rings. The Balaban J connectivity index is 0.000000209. The third kappa shape index (κ3) is 2.25. The molecule has 0 unspecified atom stereocenters. The summed E-state index contributed by atoms with van der Waals surface area (Å²) in [6.45, 7) is 11.5. The van der Waals surface area contributed by atoms with Gasteiger partial charge in [-0.05, 0) is 42.9 Å². The molecule has 0 aromatic carbocycles. The maximum Gasteiger partial charge on any atom is 0.330 e. The Hall–Kier alpha value is -0.830. The highest BCUT2D eigenvalue weighted by molar-refractivity contribution is 5.84. The van der Waals surface area contributed by atoms with Crippen molar-refractivity contribution in [2.75, 3.05) is 0 Å². The highest BCUT2D eigenvalue weighted by Gasteiger charge is 2.60. The molecule has 3 atom stereocenters. The molecular formula is C14H24O3. The number of carbonyl (C=O) groups is 1. The topological polar surface area (TPSA) is 57.5 Å². The first kappa shape index (κ1) is 14.2. The van der Waals surface area contributed by atoms with Crippen molar-refractivity contribution in [3.63, 3.8) is 0 Å². The lowest BCUT2D eigenvalue weighted by atomic mass is 9.70. The van der Waals surface area contributed by atoms with E-state index in [4.69, 9.17) is 5.11 Å². The third-order valence-corrected chi connectivity index (χ3v) is 5.11. The van der Waals surface area contributed by atoms with E-state index in [-0.39, 0.29) is 17.1 Å². The van der Waals surface area contributed by atoms with Gasteiger partial charge in [-0.3, -0.25) is 0 Å². The zero-order valence-corrected chi connectivity index (χ0v) is 11.3. The molecule has 0 radical (unpaired) electrons. The highest BCUT2D eigenvalue weighted by Crippen LogP contribution is 2.65. The number of hydrogen-bond donors (Lipinski definition) is 2. The molecule has 0 spiro atoms. The molecule has 0 aliphatic heterocycles. The first-order chi connectivity index (χ1) is 7.63. The number of aliphatic carboxylic acids is 1. The molecule has 2 rings (SSSR count). The fraction of sp³-hybridized carbons (Fsp3) is 0.786. The molecule has 0 aromatic heterocycles. The predicted molar refractivity (Wildman–Crippen MR) is 67.7 cm³/mol. The largest absolute Gasteiger partial charge is 0.478 e. The van der Waals surface area contributed by atoms with E-state index in [0.717, 1.165) is 12.3 Å². The van der Waals surface area contributed by atoms with Gasteiger partial charge in [-0.25, -0.2) is 4.79 Å². The average molecular weight is 240 g/mol. The van der Waals surface area contributed by atoms with Gasteiger partial charge < -0.3 is 10.2 Å². The van der Waals surface area contributed by atoms with Crippen LogP contribution in [0.4, 0.5) is 0 Å². The van der Waals surface area contributed by atoms with Gasteiger partial charge in [-0.15, -0.1) is 0 Å². The minimum Gasteiger partial charge on any atom is -0.478 e. The van der Waals surface area contributed by atoms with E-state index in [1.165, 1.54) is 19.8 Å². The summed E-state index contributed by atoms with van der Waals surface area (Å²) in [5.41, 5.74) is 0.777. The van der Waals surface area contributed by atoms with E-state index in [9.17, 15) is 9.90 Å². The monoisotopic (exact) mass is 240 g/mol. The smallest absolute Gasteiger partial charge is 0.330 e. The van der Waals surface area contributed by atoms with Crippen LogP contribution in [0.2, 0.25) is 0 Å². The Morgan fingerprint density at radius 3 is 1.94 bits per heavy atom. The molecule has 2 aliphatic rings. The number of fused-ring (bicyclic) bond motifs is 2. The van der Waals surface area contributed by atoms with Gasteiger partial charge in [0.15, 0.2) is 0 Å². The van der Waals surface area contributed by atoms with Crippen LogP contribution in [-0.4, -0.2) is 22.3 Å². The van der Waals surface area contributed by atoms with Crippen molar-refractivity contribution < 1.29 is 15.0 Å². The minimum absolute atomic E-state index is 0.0313. The van der Waals surface area contributed by atoms with Crippen molar-refractivity contribution in [3.05, 3.63) is 12.2 Å². The van der Waals surface area contributed by atoms with Crippen LogP contribution in [0, 0.1) is 16.7 Å². The summed E-state index contributed by atoms with van der Waals surface area (Å²) in [5.74, 6) is -0.155. The molecule has 3 nitrogen and oxygen atoms in total. The second-order valence-corrected chi connectivity index (χ2v) is 6.21. The van der Waals surface area contributed by atoms with Crippen LogP contribution < -0.4 is 0 Å². The SMILES string of the molecule is C=C(C)C(=O)O.CC1(C)[C@@H]2CC[C@]1(C)[C@@H](O)C2. The summed E-state index contributed by atoms with van der Waals surface area (Å²) in [4.78, 5) is 9.60. The van der Waals surface area contributed by atoms with E-state index in [0.29, 0.717) is 5.41 Å². The van der Waals surface area contributed by atoms with Crippen LogP contribution >= 0.6 is 0 Å². The van der Waals surface area contributed by atoms with Gasteiger partial charge in [0.05, 0.1) is 6.10 Å². The van der Waals surface area contributed by atoms with Crippen molar-refractivity contribution >= 4 is 5.97 Å². The summed E-state index contributed by atoms with van der Waals surface area (Å²) >= 11 is 0. The molecule has 17 heavy (non-hydrogen) atoms. The normalized spacial score (nSPS) is 37.2. The summed E-state index contributed by atoms with van der Waals surface area (Å²) in [6, 6.07) is 0. The van der Waals surface area contributed by atoms with Crippen molar-refractivity contribution in [1.29, 1.82) is 0 Å². The number of carboxylic acids is 1. The molecule has 2 saturated carbocycles. The second-order valence-electron chi connectivity index (χ2n) is 6.21. The number of aliphatic hydroxyl groups excluding tert-OH is 1. The number of hydrogen-bond acceptors (Lipinski definition) is 2. The molecule has 2 aliphatic carbocycles. The van der Waals surface area contributed by atoms with Crippen molar-refractivity contribution in [2.45, 2.75) is 53.1 Å². The van der Waals surface area contributed by atoms with E-state index in [1.54, 1.807) is 0 Å². The fourth-order valence-corrected chi connectivity index (χ4v) is 3.16. The molecule has 3 heteroatoms. The number of rotatable bonds is 1. The van der Waals surface area contributed by atoms with Crippen LogP contribution in [0.15, 0.2) is 12.2 Å². The molecule has 0 saturated heterocycles. The molecule has 0 heterocycles. The lowest BCUT2D eigenvalue weighted by molar-refractivity contribution is -0.132. The van der Waals surface area contributed by atoms with Crippen molar-refractivity contribution in [2.24, 2.45) is 16.7 Å². The third-order valence-electron chi connectivity index (χ3n) is 5.11. The van der Waals surface area contributed by atoms with E-state index < -0.39 is 5.97 Å². The van der Waals surface area contributed by atoms with Gasteiger partial charge in [-0.2, -0.15) is 0 Å². The number of aliphatic hydroxyl groups is 1. The van der Waals surface area contributed by atoms with E-state index in [2.05, 4.69) is 27.4 Å². The quantitative estimate of drug-likeness (QED) is 0.693. The van der Waals surface area contributed by atoms with E-state index >= 15 is 0 Å². The fourth-order valence-electron chi connectivity index (χ4n) is 3.16. The Morgan fingerprint density at radius 1 is 1.35 bits per heavy atom. The average Bonchev–Trinajstić information content (AvgIpc) is 2.51. The minimum atomic E-state index is -0.935. The first-order valence-electron chi connectivity index (χ1n) is 6.20. The predicted octanol–water partition coefficient (Wildman–Crippen LogP) is 2.84. The van der Waals surface area contributed by atoms with Crippen molar-refractivity contribution in [3.8, 4) is 0 Å². The van der Waals surface area contributed by atoms with E-state index in [1.807, 2.05) is 0 Å². The Bertz CT molecular complexity index is 320. The lowest BCUT2D eigenvalue weighted by Crippen LogP contribution is -2.35. The summed E-state index contributed by atoms with van der Waals surface area (Å²) < 4.78 is 0. The molecule has 2 N–H and O–H groups in total. The molecule has 2 bridgehead atoms. The summed E-state index contributed by atoms with van der Waals surface area (Å²) in [5, 5.41) is 17.7. The highest BCUT2D eigenvalue weighted by atomic mass is 16.4. The Labute approximate surface area is 104 Å². The maximum atomic E-state index is 9.81. The molecular weight excluding hydrogens is 216 g/mol. The molecule has 98 valence electrons. The van der Waals surface area contributed by atoms with Crippen LogP contribution in [0.1, 0.15) is 47.0 Å². The summed E-state index contributed by atoms with van der Waals surface area (Å²) in [6.07, 6.45) is 3.58. The zero-order valence-electron chi connectivity index (χ0n) is 11.3. The lowest BCUT2D eigenvalue weighted by Gasteiger charge is -2.36. The van der Waals surface area contributed by atoms with Crippen LogP contribution in [0.25, 0.3) is 0 Å². The van der Waals surface area contributed by atoms with Gasteiger partial charge >= 0.3 is 5.97 Å². The Morgan fingerprint density at radius 2 is 1.82 bits per heavy atom.